The van der Waals surface area contributed by atoms with Crippen molar-refractivity contribution in [3.8, 4) is 0 Å². The largest absolute Gasteiger partial charge is 0.363 e. The molecule has 0 saturated carbocycles. The summed E-state index contributed by atoms with van der Waals surface area (Å²) in [4.78, 5) is 12.4. The van der Waals surface area contributed by atoms with Crippen LogP contribution in [0.3, 0.4) is 0 Å². The molecule has 0 amide bonds. The van der Waals surface area contributed by atoms with Gasteiger partial charge >= 0.3 is 0 Å². The van der Waals surface area contributed by atoms with E-state index in [2.05, 4.69) is 15.9 Å². The molecule has 1 spiro atoms. The Morgan fingerprint density at radius 2 is 2.00 bits per heavy atom. The molecule has 3 rings (SSSR count). The fourth-order valence-corrected chi connectivity index (χ4v) is 3.14. The lowest BCUT2D eigenvalue weighted by Gasteiger charge is -2.28. The minimum Gasteiger partial charge on any atom is -0.363 e. The predicted octanol–water partition coefficient (Wildman–Crippen LogP) is 3.17. The molecule has 0 aromatic heterocycles. The first kappa shape index (κ1) is 10.2. The minimum absolute atomic E-state index is 0.101. The molecule has 1 unspecified atom stereocenters. The number of ketones is 1. The molecule has 82 valence electrons. The molecule has 0 N–H and O–H groups in total. The average molecular weight is 279 g/mol. The summed E-state index contributed by atoms with van der Waals surface area (Å²) in [5.41, 5.74) is 1.03. The number of hydrogen-bond acceptors (Lipinski definition) is 2. The summed E-state index contributed by atoms with van der Waals surface area (Å²) in [5.74, 6) is 0.101. The first-order valence-electron chi connectivity index (χ1n) is 5.39. The van der Waals surface area contributed by atoms with Gasteiger partial charge in [-0.25, -0.2) is 0 Å². The van der Waals surface area contributed by atoms with E-state index in [1.165, 1.54) is 0 Å². The molecular weight excluding hydrogens is 268 g/mol. The SMILES string of the molecule is O=C1c2ccccc2C(Br)=CC12CCCO2. The van der Waals surface area contributed by atoms with Gasteiger partial charge in [-0.3, -0.25) is 4.79 Å². The number of ether oxygens (including phenoxy) is 1. The number of rotatable bonds is 0. The fraction of sp³-hybridized carbons (Fsp3) is 0.308. The van der Waals surface area contributed by atoms with Crippen LogP contribution in [-0.4, -0.2) is 18.0 Å². The van der Waals surface area contributed by atoms with Crippen molar-refractivity contribution in [1.82, 2.24) is 0 Å². The lowest BCUT2D eigenvalue weighted by molar-refractivity contribution is 0.0352. The molecular formula is C13H11BrO2. The van der Waals surface area contributed by atoms with Gasteiger partial charge in [0.15, 0.2) is 11.4 Å². The van der Waals surface area contributed by atoms with Crippen LogP contribution in [0.5, 0.6) is 0 Å². The summed E-state index contributed by atoms with van der Waals surface area (Å²) in [7, 11) is 0. The number of hydrogen-bond donors (Lipinski definition) is 0. The number of carbonyl (C=O) groups is 1. The number of benzene rings is 1. The van der Waals surface area contributed by atoms with Gasteiger partial charge in [-0.2, -0.15) is 0 Å². The van der Waals surface area contributed by atoms with Gasteiger partial charge in [0.25, 0.3) is 0 Å². The van der Waals surface area contributed by atoms with Crippen molar-refractivity contribution < 1.29 is 9.53 Å². The van der Waals surface area contributed by atoms with Crippen molar-refractivity contribution >= 4 is 26.2 Å². The van der Waals surface area contributed by atoms with E-state index in [-0.39, 0.29) is 5.78 Å². The monoisotopic (exact) mass is 278 g/mol. The molecule has 1 fully saturated rings. The summed E-state index contributed by atoms with van der Waals surface area (Å²) < 4.78 is 6.63. The van der Waals surface area contributed by atoms with E-state index in [0.29, 0.717) is 6.61 Å². The maximum Gasteiger partial charge on any atom is 0.199 e. The van der Waals surface area contributed by atoms with Gasteiger partial charge in [0.1, 0.15) is 0 Å². The van der Waals surface area contributed by atoms with Gasteiger partial charge in [-0.1, -0.05) is 40.2 Å². The Hall–Kier alpha value is -0.930. The predicted molar refractivity (Wildman–Crippen MR) is 65.6 cm³/mol. The third kappa shape index (κ3) is 1.31. The topological polar surface area (TPSA) is 26.3 Å². The van der Waals surface area contributed by atoms with E-state index in [9.17, 15) is 4.79 Å². The van der Waals surface area contributed by atoms with Crippen molar-refractivity contribution in [2.24, 2.45) is 0 Å². The van der Waals surface area contributed by atoms with Gasteiger partial charge in [-0.15, -0.1) is 0 Å². The second-order valence-corrected chi connectivity index (χ2v) is 5.06. The van der Waals surface area contributed by atoms with Crippen molar-refractivity contribution in [3.63, 3.8) is 0 Å². The summed E-state index contributed by atoms with van der Waals surface area (Å²) in [6.07, 6.45) is 3.66. The zero-order chi connectivity index (χ0) is 11.2. The van der Waals surface area contributed by atoms with Crippen LogP contribution in [0.15, 0.2) is 30.3 Å². The molecule has 2 aliphatic rings. The zero-order valence-electron chi connectivity index (χ0n) is 8.70. The second-order valence-electron chi connectivity index (χ2n) is 4.21. The smallest absolute Gasteiger partial charge is 0.199 e. The molecule has 0 bridgehead atoms. The van der Waals surface area contributed by atoms with E-state index in [1.807, 2.05) is 30.3 Å². The van der Waals surface area contributed by atoms with Gasteiger partial charge < -0.3 is 4.74 Å². The van der Waals surface area contributed by atoms with E-state index in [0.717, 1.165) is 28.5 Å². The highest BCUT2D eigenvalue weighted by molar-refractivity contribution is 9.15. The molecule has 3 heteroatoms. The molecule has 1 atom stereocenters. The van der Waals surface area contributed by atoms with Gasteiger partial charge in [0.05, 0.1) is 0 Å². The lowest BCUT2D eigenvalue weighted by atomic mass is 9.83. The maximum atomic E-state index is 12.4. The molecule has 16 heavy (non-hydrogen) atoms. The summed E-state index contributed by atoms with van der Waals surface area (Å²) in [6.45, 7) is 0.671. The van der Waals surface area contributed by atoms with Crippen LogP contribution >= 0.6 is 15.9 Å². The maximum absolute atomic E-state index is 12.4. The van der Waals surface area contributed by atoms with Crippen LogP contribution in [0, 0.1) is 0 Å². The van der Waals surface area contributed by atoms with Crippen LogP contribution in [0.4, 0.5) is 0 Å². The highest BCUT2D eigenvalue weighted by atomic mass is 79.9. The van der Waals surface area contributed by atoms with E-state index >= 15 is 0 Å². The van der Waals surface area contributed by atoms with Crippen LogP contribution in [0.2, 0.25) is 0 Å². The number of fused-ring (bicyclic) bond motifs is 1. The minimum atomic E-state index is -0.701. The Labute approximate surface area is 102 Å². The highest BCUT2D eigenvalue weighted by Crippen LogP contribution is 2.41. The summed E-state index contributed by atoms with van der Waals surface area (Å²) >= 11 is 3.53. The molecule has 1 aromatic rings. The number of halogens is 1. The normalized spacial score (nSPS) is 28.1. The quantitative estimate of drug-likeness (QED) is 0.729. The summed E-state index contributed by atoms with van der Waals surface area (Å²) in [6, 6.07) is 7.66. The average Bonchev–Trinajstić information content (AvgIpc) is 2.76. The number of carbonyl (C=O) groups excluding carboxylic acids is 1. The van der Waals surface area contributed by atoms with Gasteiger partial charge in [0, 0.05) is 16.7 Å². The molecule has 2 nitrogen and oxygen atoms in total. The van der Waals surface area contributed by atoms with Crippen LogP contribution in [0.1, 0.15) is 28.8 Å². The third-order valence-corrected chi connectivity index (χ3v) is 3.88. The van der Waals surface area contributed by atoms with E-state index < -0.39 is 5.60 Å². The first-order valence-corrected chi connectivity index (χ1v) is 6.19. The Balaban J connectivity index is 2.19. The zero-order valence-corrected chi connectivity index (χ0v) is 10.3. The third-order valence-electron chi connectivity index (χ3n) is 3.23. The van der Waals surface area contributed by atoms with Crippen molar-refractivity contribution in [3.05, 3.63) is 41.5 Å². The van der Waals surface area contributed by atoms with Crippen molar-refractivity contribution in [2.45, 2.75) is 18.4 Å². The highest BCUT2D eigenvalue weighted by Gasteiger charge is 2.44. The fourth-order valence-electron chi connectivity index (χ4n) is 2.42. The first-order chi connectivity index (χ1) is 7.73. The Morgan fingerprint density at radius 3 is 2.69 bits per heavy atom. The lowest BCUT2D eigenvalue weighted by Crippen LogP contribution is -2.38. The molecule has 1 heterocycles. The number of Topliss-reactive ketones (excluding diaryl/α,β-unsaturated/α-hetero) is 1. The molecule has 0 radical (unpaired) electrons. The van der Waals surface area contributed by atoms with Crippen molar-refractivity contribution in [1.29, 1.82) is 0 Å². The summed E-state index contributed by atoms with van der Waals surface area (Å²) in [5, 5.41) is 0. The van der Waals surface area contributed by atoms with Crippen molar-refractivity contribution in [2.75, 3.05) is 6.61 Å². The van der Waals surface area contributed by atoms with E-state index in [4.69, 9.17) is 4.74 Å². The standard InChI is InChI=1S/C13H11BrO2/c14-11-8-13(6-3-7-16-13)12(15)10-5-2-1-4-9(10)11/h1-2,4-5,8H,3,6-7H2. The van der Waals surface area contributed by atoms with Crippen LogP contribution in [-0.2, 0) is 4.74 Å². The molecule has 1 aliphatic heterocycles. The van der Waals surface area contributed by atoms with Gasteiger partial charge in [0.2, 0.25) is 0 Å². The van der Waals surface area contributed by atoms with E-state index in [1.54, 1.807) is 0 Å². The molecule has 1 aliphatic carbocycles. The Morgan fingerprint density at radius 1 is 1.25 bits per heavy atom. The second kappa shape index (κ2) is 3.54. The van der Waals surface area contributed by atoms with Gasteiger partial charge in [-0.05, 0) is 24.5 Å². The molecule has 1 saturated heterocycles. The molecule has 1 aromatic carbocycles. The van der Waals surface area contributed by atoms with Crippen LogP contribution in [0.25, 0.3) is 4.48 Å². The van der Waals surface area contributed by atoms with Crippen LogP contribution < -0.4 is 0 Å². The Kier molecular flexibility index (Phi) is 2.26. The Bertz CT molecular complexity index is 484.